The van der Waals surface area contributed by atoms with E-state index >= 15 is 0 Å². The Bertz CT molecular complexity index is 1110. The molecule has 156 valence electrons. The fourth-order valence-corrected chi connectivity index (χ4v) is 6.54. The molecule has 2 aliphatic carbocycles. The number of fused-ring (bicyclic) bond motifs is 1. The number of rotatable bonds is 5. The highest BCUT2D eigenvalue weighted by molar-refractivity contribution is 7.89. The molecule has 1 aromatic carbocycles. The fraction of sp³-hybridized carbons (Fsp3) is 0.450. The lowest BCUT2D eigenvalue weighted by molar-refractivity contribution is 0.0172. The number of halogens is 2. The SMILES string of the molecule is Cc1c(S(=O)(=O)NC2CC3CCC32)c(C)n(C)c1C(=O)Nc1ccc(F)c(Cl)c1. The highest BCUT2D eigenvalue weighted by Gasteiger charge is 2.48. The summed E-state index contributed by atoms with van der Waals surface area (Å²) in [5.74, 6) is 0.0317. The molecule has 4 rings (SSSR count). The number of nitrogens with zero attached hydrogens (tertiary/aromatic N) is 1. The zero-order valence-electron chi connectivity index (χ0n) is 16.4. The van der Waals surface area contributed by atoms with Crippen LogP contribution >= 0.6 is 11.6 Å². The van der Waals surface area contributed by atoms with E-state index in [1.54, 1.807) is 25.5 Å². The van der Waals surface area contributed by atoms with E-state index in [1.807, 2.05) is 0 Å². The number of hydrogen-bond acceptors (Lipinski definition) is 3. The summed E-state index contributed by atoms with van der Waals surface area (Å²) < 4.78 is 43.9. The molecule has 0 spiro atoms. The van der Waals surface area contributed by atoms with Crippen molar-refractivity contribution >= 4 is 33.2 Å². The molecule has 0 bridgehead atoms. The van der Waals surface area contributed by atoms with E-state index in [1.165, 1.54) is 18.6 Å². The average molecular weight is 440 g/mol. The third kappa shape index (κ3) is 3.37. The summed E-state index contributed by atoms with van der Waals surface area (Å²) in [5, 5.41) is 2.55. The van der Waals surface area contributed by atoms with E-state index in [-0.39, 0.29) is 21.7 Å². The third-order valence-corrected chi connectivity index (χ3v) is 8.42. The van der Waals surface area contributed by atoms with Gasteiger partial charge >= 0.3 is 0 Å². The molecule has 6 nitrogen and oxygen atoms in total. The van der Waals surface area contributed by atoms with Crippen LogP contribution in [0.5, 0.6) is 0 Å². The molecule has 29 heavy (non-hydrogen) atoms. The standard InChI is InChI=1S/C20H23ClFN3O3S/c1-10-18(20(26)23-13-5-7-16(22)15(21)9-13)25(3)11(2)19(10)29(27,28)24-17-8-12-4-6-14(12)17/h5,7,9,12,14,17,24H,4,6,8H2,1-3H3,(H,23,26). The number of anilines is 1. The molecule has 1 heterocycles. The summed E-state index contributed by atoms with van der Waals surface area (Å²) in [7, 11) is -2.09. The Morgan fingerprint density at radius 3 is 2.55 bits per heavy atom. The highest BCUT2D eigenvalue weighted by atomic mass is 35.5. The van der Waals surface area contributed by atoms with E-state index in [2.05, 4.69) is 10.0 Å². The van der Waals surface area contributed by atoms with E-state index < -0.39 is 21.7 Å². The van der Waals surface area contributed by atoms with Gasteiger partial charge < -0.3 is 9.88 Å². The van der Waals surface area contributed by atoms with Crippen molar-refractivity contribution in [3.8, 4) is 0 Å². The smallest absolute Gasteiger partial charge is 0.272 e. The van der Waals surface area contributed by atoms with Crippen LogP contribution in [0.3, 0.4) is 0 Å². The topological polar surface area (TPSA) is 80.2 Å². The van der Waals surface area contributed by atoms with Crippen LogP contribution in [0.4, 0.5) is 10.1 Å². The van der Waals surface area contributed by atoms with Gasteiger partial charge in [-0.15, -0.1) is 0 Å². The van der Waals surface area contributed by atoms with E-state index in [9.17, 15) is 17.6 Å². The molecule has 2 N–H and O–H groups in total. The van der Waals surface area contributed by atoms with Crippen molar-refractivity contribution in [3.63, 3.8) is 0 Å². The first-order valence-electron chi connectivity index (χ1n) is 9.54. The molecular weight excluding hydrogens is 417 g/mol. The predicted molar refractivity (Wildman–Crippen MR) is 109 cm³/mol. The molecule has 3 atom stereocenters. The normalized spacial score (nSPS) is 23.1. The Hall–Kier alpha value is -1.90. The van der Waals surface area contributed by atoms with Crippen molar-refractivity contribution in [2.75, 3.05) is 5.32 Å². The van der Waals surface area contributed by atoms with Crippen LogP contribution in [-0.4, -0.2) is 24.9 Å². The summed E-state index contributed by atoms with van der Waals surface area (Å²) in [6, 6.07) is 3.85. The van der Waals surface area contributed by atoms with Crippen molar-refractivity contribution < 1.29 is 17.6 Å². The monoisotopic (exact) mass is 439 g/mol. The van der Waals surface area contributed by atoms with Gasteiger partial charge in [-0.2, -0.15) is 0 Å². The van der Waals surface area contributed by atoms with Gasteiger partial charge in [0.05, 0.1) is 5.02 Å². The Labute approximate surface area is 174 Å². The quantitative estimate of drug-likeness (QED) is 0.744. The number of aromatic nitrogens is 1. The van der Waals surface area contributed by atoms with Gasteiger partial charge in [-0.25, -0.2) is 17.5 Å². The second-order valence-electron chi connectivity index (χ2n) is 7.99. The van der Waals surface area contributed by atoms with E-state index in [4.69, 9.17) is 11.6 Å². The Balaban J connectivity index is 1.61. The first-order chi connectivity index (χ1) is 13.6. The van der Waals surface area contributed by atoms with Gasteiger partial charge in [0, 0.05) is 30.0 Å². The van der Waals surface area contributed by atoms with E-state index in [0.717, 1.165) is 18.9 Å². The molecule has 2 saturated carbocycles. The second kappa shape index (κ2) is 7.11. The van der Waals surface area contributed by atoms with Crippen molar-refractivity contribution in [1.82, 2.24) is 9.29 Å². The molecule has 9 heteroatoms. The maximum atomic E-state index is 13.3. The average Bonchev–Trinajstić information content (AvgIpc) is 2.84. The van der Waals surface area contributed by atoms with Gasteiger partial charge in [-0.05, 0) is 63.1 Å². The largest absolute Gasteiger partial charge is 0.342 e. The Morgan fingerprint density at radius 1 is 1.28 bits per heavy atom. The molecule has 2 fully saturated rings. The number of benzene rings is 1. The van der Waals surface area contributed by atoms with Crippen LogP contribution in [0.2, 0.25) is 5.02 Å². The van der Waals surface area contributed by atoms with Crippen molar-refractivity contribution in [2.24, 2.45) is 18.9 Å². The Kier molecular flexibility index (Phi) is 4.99. The van der Waals surface area contributed by atoms with Crippen LogP contribution < -0.4 is 10.0 Å². The summed E-state index contributed by atoms with van der Waals surface area (Å²) >= 11 is 5.77. The van der Waals surface area contributed by atoms with Crippen molar-refractivity contribution in [3.05, 3.63) is 46.0 Å². The third-order valence-electron chi connectivity index (χ3n) is 6.38. The Morgan fingerprint density at radius 2 is 2.00 bits per heavy atom. The summed E-state index contributed by atoms with van der Waals surface area (Å²) in [6.45, 7) is 3.31. The molecule has 1 aromatic heterocycles. The maximum absolute atomic E-state index is 13.3. The first-order valence-corrected chi connectivity index (χ1v) is 11.4. The van der Waals surface area contributed by atoms with Crippen LogP contribution in [0, 0.1) is 31.5 Å². The second-order valence-corrected chi connectivity index (χ2v) is 10.1. The lowest BCUT2D eigenvalue weighted by Gasteiger charge is -2.52. The van der Waals surface area contributed by atoms with Gasteiger partial charge in [-0.3, -0.25) is 4.79 Å². The fourth-order valence-electron chi connectivity index (χ4n) is 4.55. The number of sulfonamides is 1. The van der Waals surface area contributed by atoms with Crippen LogP contribution in [-0.2, 0) is 17.1 Å². The number of hydrogen-bond donors (Lipinski definition) is 2. The van der Waals surface area contributed by atoms with Crippen molar-refractivity contribution in [2.45, 2.75) is 44.0 Å². The molecule has 0 saturated heterocycles. The van der Waals surface area contributed by atoms with Gasteiger partial charge in [0.15, 0.2) is 0 Å². The molecule has 1 amide bonds. The first kappa shape index (κ1) is 20.4. The van der Waals surface area contributed by atoms with Crippen molar-refractivity contribution in [1.29, 1.82) is 0 Å². The molecule has 2 aromatic rings. The molecule has 0 radical (unpaired) electrons. The maximum Gasteiger partial charge on any atom is 0.272 e. The zero-order chi connectivity index (χ0) is 21.1. The van der Waals surface area contributed by atoms with Gasteiger partial charge in [0.2, 0.25) is 10.0 Å². The molecule has 3 unspecified atom stereocenters. The molecule has 0 aliphatic heterocycles. The minimum Gasteiger partial charge on any atom is -0.342 e. The molecular formula is C20H23ClFN3O3S. The number of carbonyl (C=O) groups is 1. The summed E-state index contributed by atoms with van der Waals surface area (Å²) in [6.07, 6.45) is 3.13. The van der Waals surface area contributed by atoms with Gasteiger partial charge in [0.25, 0.3) is 5.91 Å². The number of nitrogens with one attached hydrogen (secondary N) is 2. The summed E-state index contributed by atoms with van der Waals surface area (Å²) in [4.78, 5) is 13.0. The number of amides is 1. The van der Waals surface area contributed by atoms with Crippen LogP contribution in [0.25, 0.3) is 0 Å². The highest BCUT2D eigenvalue weighted by Crippen LogP contribution is 2.50. The number of carbonyl (C=O) groups excluding carboxylic acids is 1. The lowest BCUT2D eigenvalue weighted by Crippen LogP contribution is -2.56. The predicted octanol–water partition coefficient (Wildman–Crippen LogP) is 3.76. The zero-order valence-corrected chi connectivity index (χ0v) is 18.0. The van der Waals surface area contributed by atoms with Crippen LogP contribution in [0.15, 0.2) is 23.1 Å². The van der Waals surface area contributed by atoms with Gasteiger partial charge in [0.1, 0.15) is 16.4 Å². The molecule has 2 aliphatic rings. The minimum atomic E-state index is -3.75. The lowest BCUT2D eigenvalue weighted by atomic mass is 9.57. The summed E-state index contributed by atoms with van der Waals surface area (Å²) in [5.41, 5.74) is 1.43. The minimum absolute atomic E-state index is 0.0172. The van der Waals surface area contributed by atoms with Crippen LogP contribution in [0.1, 0.15) is 41.0 Å². The van der Waals surface area contributed by atoms with Gasteiger partial charge in [-0.1, -0.05) is 11.6 Å². The van der Waals surface area contributed by atoms with E-state index in [0.29, 0.717) is 28.8 Å².